The summed E-state index contributed by atoms with van der Waals surface area (Å²) in [4.78, 5) is 12.4. The normalized spacial score (nSPS) is 22.1. The quantitative estimate of drug-likeness (QED) is 0.785. The second-order valence-corrected chi connectivity index (χ2v) is 7.35. The lowest BCUT2D eigenvalue weighted by atomic mass is 9.92. The minimum absolute atomic E-state index is 0.0123. The standard InChI is InChI=1S/C20H20F3N5/c1-13-4-5-15(11-24)18(26-13)28-10-7-14-6-9-27(12-17(14)28)19-16(20(21,22)23)3-2-8-25-19/h2-5,8,14,17H,6-7,9-10,12H2,1H3. The van der Waals surface area contributed by atoms with Gasteiger partial charge in [0.05, 0.1) is 17.2 Å². The number of rotatable bonds is 2. The third-order valence-electron chi connectivity index (χ3n) is 5.66. The van der Waals surface area contributed by atoms with Crippen molar-refractivity contribution < 1.29 is 13.2 Å². The molecule has 2 aromatic rings. The zero-order valence-corrected chi connectivity index (χ0v) is 15.4. The smallest absolute Gasteiger partial charge is 0.354 e. The largest absolute Gasteiger partial charge is 0.419 e. The third-order valence-corrected chi connectivity index (χ3v) is 5.66. The van der Waals surface area contributed by atoms with Crippen molar-refractivity contribution in [1.29, 1.82) is 5.26 Å². The fraction of sp³-hybridized carbons (Fsp3) is 0.450. The van der Waals surface area contributed by atoms with Crippen LogP contribution in [0.1, 0.15) is 29.7 Å². The van der Waals surface area contributed by atoms with Gasteiger partial charge in [0.15, 0.2) is 0 Å². The van der Waals surface area contributed by atoms with Gasteiger partial charge in [-0.2, -0.15) is 18.4 Å². The Balaban J connectivity index is 1.66. The summed E-state index contributed by atoms with van der Waals surface area (Å²) in [6.45, 7) is 3.60. The Morgan fingerprint density at radius 3 is 2.68 bits per heavy atom. The maximum atomic E-state index is 13.4. The van der Waals surface area contributed by atoms with E-state index < -0.39 is 11.7 Å². The zero-order valence-electron chi connectivity index (χ0n) is 15.4. The van der Waals surface area contributed by atoms with Gasteiger partial charge in [-0.05, 0) is 49.9 Å². The lowest BCUT2D eigenvalue weighted by Crippen LogP contribution is -2.49. The van der Waals surface area contributed by atoms with E-state index in [9.17, 15) is 18.4 Å². The Kier molecular flexibility index (Phi) is 4.61. The van der Waals surface area contributed by atoms with Gasteiger partial charge in [-0.1, -0.05) is 0 Å². The Hall–Kier alpha value is -2.82. The second kappa shape index (κ2) is 6.97. The number of fused-ring (bicyclic) bond motifs is 1. The maximum absolute atomic E-state index is 13.4. The first-order chi connectivity index (χ1) is 13.4. The summed E-state index contributed by atoms with van der Waals surface area (Å²) in [6, 6.07) is 8.15. The van der Waals surface area contributed by atoms with Gasteiger partial charge >= 0.3 is 6.18 Å². The van der Waals surface area contributed by atoms with E-state index in [1.165, 1.54) is 12.3 Å². The number of hydrogen-bond donors (Lipinski definition) is 0. The summed E-state index contributed by atoms with van der Waals surface area (Å²) in [5.74, 6) is 0.995. The molecule has 146 valence electrons. The Labute approximate surface area is 161 Å². The van der Waals surface area contributed by atoms with Crippen molar-refractivity contribution in [2.24, 2.45) is 5.92 Å². The van der Waals surface area contributed by atoms with E-state index in [4.69, 9.17) is 0 Å². The predicted molar refractivity (Wildman–Crippen MR) is 99.0 cm³/mol. The molecule has 2 aromatic heterocycles. The Morgan fingerprint density at radius 2 is 1.93 bits per heavy atom. The summed E-state index contributed by atoms with van der Waals surface area (Å²) >= 11 is 0. The molecule has 0 aliphatic carbocycles. The minimum atomic E-state index is -4.44. The van der Waals surface area contributed by atoms with E-state index in [-0.39, 0.29) is 11.9 Å². The van der Waals surface area contributed by atoms with E-state index in [1.54, 1.807) is 17.0 Å². The third kappa shape index (κ3) is 3.26. The predicted octanol–water partition coefficient (Wildman–Crippen LogP) is 3.78. The molecule has 8 heteroatoms. The fourth-order valence-electron chi connectivity index (χ4n) is 4.32. The SMILES string of the molecule is Cc1ccc(C#N)c(N2CCC3CCN(c4ncccc4C(F)(F)F)CC32)n1. The number of halogens is 3. The molecular formula is C20H20F3N5. The van der Waals surface area contributed by atoms with Gasteiger partial charge in [-0.15, -0.1) is 0 Å². The lowest BCUT2D eigenvalue weighted by molar-refractivity contribution is -0.137. The van der Waals surface area contributed by atoms with Crippen LogP contribution in [0.3, 0.4) is 0 Å². The summed E-state index contributed by atoms with van der Waals surface area (Å²) in [7, 11) is 0. The number of anilines is 2. The first-order valence-electron chi connectivity index (χ1n) is 9.30. The van der Waals surface area contributed by atoms with Crippen LogP contribution in [0.2, 0.25) is 0 Å². The van der Waals surface area contributed by atoms with Crippen molar-refractivity contribution in [3.63, 3.8) is 0 Å². The Morgan fingerprint density at radius 1 is 1.14 bits per heavy atom. The number of nitriles is 1. The molecule has 5 nitrogen and oxygen atoms in total. The summed E-state index contributed by atoms with van der Waals surface area (Å²) < 4.78 is 40.3. The second-order valence-electron chi connectivity index (χ2n) is 7.35. The Bertz CT molecular complexity index is 921. The molecule has 4 heterocycles. The highest BCUT2D eigenvalue weighted by atomic mass is 19.4. The van der Waals surface area contributed by atoms with Gasteiger partial charge in [0.2, 0.25) is 0 Å². The van der Waals surface area contributed by atoms with Crippen molar-refractivity contribution >= 4 is 11.6 Å². The number of pyridine rings is 2. The highest BCUT2D eigenvalue weighted by molar-refractivity contribution is 5.57. The molecule has 2 unspecified atom stereocenters. The van der Waals surface area contributed by atoms with Gasteiger partial charge in [-0.3, -0.25) is 0 Å². The van der Waals surface area contributed by atoms with Crippen LogP contribution < -0.4 is 9.80 Å². The van der Waals surface area contributed by atoms with Crippen molar-refractivity contribution in [3.05, 3.63) is 47.3 Å². The van der Waals surface area contributed by atoms with Crippen LogP contribution in [-0.2, 0) is 6.18 Å². The number of piperidine rings is 1. The van der Waals surface area contributed by atoms with Gasteiger partial charge in [-0.25, -0.2) is 9.97 Å². The highest BCUT2D eigenvalue weighted by Crippen LogP contribution is 2.40. The summed E-state index contributed by atoms with van der Waals surface area (Å²) in [5.41, 5.74) is 0.607. The van der Waals surface area contributed by atoms with Crippen LogP contribution in [0, 0.1) is 24.2 Å². The highest BCUT2D eigenvalue weighted by Gasteiger charge is 2.42. The average molecular weight is 387 g/mol. The van der Waals surface area contributed by atoms with Crippen molar-refractivity contribution in [1.82, 2.24) is 9.97 Å². The molecule has 0 radical (unpaired) electrons. The van der Waals surface area contributed by atoms with Crippen LogP contribution in [0.5, 0.6) is 0 Å². The monoisotopic (exact) mass is 387 g/mol. The molecule has 4 rings (SSSR count). The number of aromatic nitrogens is 2. The molecule has 0 saturated carbocycles. The van der Waals surface area contributed by atoms with Crippen molar-refractivity contribution in [2.75, 3.05) is 29.4 Å². The van der Waals surface area contributed by atoms with Crippen LogP contribution in [0.15, 0.2) is 30.5 Å². The molecule has 2 fully saturated rings. The minimum Gasteiger partial charge on any atom is -0.354 e. The van der Waals surface area contributed by atoms with E-state index in [1.807, 2.05) is 6.92 Å². The molecule has 2 atom stereocenters. The van der Waals surface area contributed by atoms with Gasteiger partial charge in [0.25, 0.3) is 0 Å². The first-order valence-corrected chi connectivity index (χ1v) is 9.30. The number of aryl methyl sites for hydroxylation is 1. The van der Waals surface area contributed by atoms with Crippen LogP contribution >= 0.6 is 0 Å². The summed E-state index contributed by atoms with van der Waals surface area (Å²) in [5, 5.41) is 9.46. The van der Waals surface area contributed by atoms with E-state index in [0.717, 1.165) is 31.1 Å². The van der Waals surface area contributed by atoms with Crippen LogP contribution in [-0.4, -0.2) is 35.6 Å². The van der Waals surface area contributed by atoms with Crippen LogP contribution in [0.4, 0.5) is 24.8 Å². The average Bonchev–Trinajstić information content (AvgIpc) is 3.10. The first kappa shape index (κ1) is 18.5. The fourth-order valence-corrected chi connectivity index (χ4v) is 4.32. The number of hydrogen-bond acceptors (Lipinski definition) is 5. The summed E-state index contributed by atoms with van der Waals surface area (Å²) in [6.07, 6.45) is -1.29. The van der Waals surface area contributed by atoms with Crippen molar-refractivity contribution in [2.45, 2.75) is 32.0 Å². The van der Waals surface area contributed by atoms with E-state index in [0.29, 0.717) is 30.4 Å². The molecule has 0 N–H and O–H groups in total. The van der Waals surface area contributed by atoms with Crippen LogP contribution in [0.25, 0.3) is 0 Å². The van der Waals surface area contributed by atoms with Gasteiger partial charge in [0.1, 0.15) is 17.7 Å². The van der Waals surface area contributed by atoms with E-state index in [2.05, 4.69) is 20.9 Å². The lowest BCUT2D eigenvalue weighted by Gasteiger charge is -2.40. The van der Waals surface area contributed by atoms with E-state index >= 15 is 0 Å². The molecule has 0 amide bonds. The molecule has 28 heavy (non-hydrogen) atoms. The molecule has 0 aromatic carbocycles. The van der Waals surface area contributed by atoms with Gasteiger partial charge in [0, 0.05) is 31.5 Å². The molecule has 2 saturated heterocycles. The maximum Gasteiger partial charge on any atom is 0.419 e. The molecule has 0 bridgehead atoms. The topological polar surface area (TPSA) is 56.1 Å². The van der Waals surface area contributed by atoms with Crippen molar-refractivity contribution in [3.8, 4) is 6.07 Å². The molecular weight excluding hydrogens is 367 g/mol. The van der Waals surface area contributed by atoms with Gasteiger partial charge < -0.3 is 9.80 Å². The number of nitrogens with zero attached hydrogens (tertiary/aromatic N) is 5. The molecule has 2 aliphatic heterocycles. The zero-order chi connectivity index (χ0) is 19.9. The molecule has 0 spiro atoms. The number of alkyl halides is 3. The molecule has 2 aliphatic rings.